The summed E-state index contributed by atoms with van der Waals surface area (Å²) in [5.74, 6) is 0.752. The van der Waals surface area contributed by atoms with E-state index in [1.807, 2.05) is 55.6 Å². The highest BCUT2D eigenvalue weighted by molar-refractivity contribution is 5.83. The van der Waals surface area contributed by atoms with Crippen molar-refractivity contribution in [2.45, 2.75) is 0 Å². The molecule has 0 atom stereocenters. The van der Waals surface area contributed by atoms with Gasteiger partial charge in [0.1, 0.15) is 19.0 Å². The summed E-state index contributed by atoms with van der Waals surface area (Å²) >= 11 is 0. The van der Waals surface area contributed by atoms with Gasteiger partial charge in [-0.2, -0.15) is 10.2 Å². The minimum Gasteiger partial charge on any atom is -0.491 e. The van der Waals surface area contributed by atoms with E-state index in [4.69, 9.17) is 14.2 Å². The summed E-state index contributed by atoms with van der Waals surface area (Å²) in [4.78, 5) is 0. The molecule has 2 aromatic carbocycles. The molecule has 0 fully saturated rings. The first-order valence-corrected chi connectivity index (χ1v) is 9.10. The van der Waals surface area contributed by atoms with Gasteiger partial charge in [-0.25, -0.2) is 4.39 Å². The van der Waals surface area contributed by atoms with Gasteiger partial charge < -0.3 is 19.5 Å². The first kappa shape index (κ1) is 21.5. The summed E-state index contributed by atoms with van der Waals surface area (Å²) in [6.07, 6.45) is 3.39. The summed E-state index contributed by atoms with van der Waals surface area (Å²) < 4.78 is 27.7. The maximum atomic E-state index is 11.8. The monoisotopic (exact) mass is 387 g/mol. The Morgan fingerprint density at radius 2 is 1.32 bits per heavy atom. The number of nitrogens with zero attached hydrogens (tertiary/aromatic N) is 2. The van der Waals surface area contributed by atoms with Crippen molar-refractivity contribution in [2.24, 2.45) is 10.2 Å². The van der Waals surface area contributed by atoms with Crippen molar-refractivity contribution < 1.29 is 18.6 Å². The SMILES string of the molecule is CNc1ccc(/C=N/N=C/c2ccc(OCCOCCOCCF)cc2)cc1. The third-order valence-corrected chi connectivity index (χ3v) is 3.65. The number of nitrogens with one attached hydrogen (secondary N) is 1. The molecule has 150 valence electrons. The van der Waals surface area contributed by atoms with Crippen molar-refractivity contribution in [1.29, 1.82) is 0 Å². The van der Waals surface area contributed by atoms with Crippen molar-refractivity contribution in [1.82, 2.24) is 0 Å². The average molecular weight is 387 g/mol. The molecule has 0 aliphatic carbocycles. The fraction of sp³-hybridized carbons (Fsp3) is 0.333. The summed E-state index contributed by atoms with van der Waals surface area (Å²) in [5, 5.41) is 11.2. The third-order valence-electron chi connectivity index (χ3n) is 3.65. The van der Waals surface area contributed by atoms with Gasteiger partial charge in [-0.1, -0.05) is 12.1 Å². The van der Waals surface area contributed by atoms with Crippen LogP contribution in [0.3, 0.4) is 0 Å². The molecule has 0 amide bonds. The average Bonchev–Trinajstić information content (AvgIpc) is 2.74. The number of benzene rings is 2. The Kier molecular flexibility index (Phi) is 10.3. The van der Waals surface area contributed by atoms with Crippen LogP contribution in [-0.4, -0.2) is 59.2 Å². The first-order chi connectivity index (χ1) is 13.8. The van der Waals surface area contributed by atoms with Gasteiger partial charge in [0.15, 0.2) is 0 Å². The van der Waals surface area contributed by atoms with Crippen LogP contribution in [0, 0.1) is 0 Å². The summed E-state index contributed by atoms with van der Waals surface area (Å²) in [5.41, 5.74) is 2.96. The highest BCUT2D eigenvalue weighted by atomic mass is 19.1. The number of anilines is 1. The number of rotatable bonds is 13. The number of halogens is 1. The van der Waals surface area contributed by atoms with Crippen molar-refractivity contribution in [3.8, 4) is 5.75 Å². The van der Waals surface area contributed by atoms with E-state index in [1.54, 1.807) is 12.4 Å². The van der Waals surface area contributed by atoms with Crippen molar-refractivity contribution in [3.05, 3.63) is 59.7 Å². The smallest absolute Gasteiger partial charge is 0.119 e. The van der Waals surface area contributed by atoms with Crippen LogP contribution in [0.25, 0.3) is 0 Å². The Morgan fingerprint density at radius 3 is 1.89 bits per heavy atom. The fourth-order valence-corrected chi connectivity index (χ4v) is 2.18. The Morgan fingerprint density at radius 1 is 0.786 bits per heavy atom. The first-order valence-electron chi connectivity index (χ1n) is 9.10. The zero-order chi connectivity index (χ0) is 19.9. The van der Waals surface area contributed by atoms with Gasteiger partial charge in [-0.05, 0) is 47.5 Å². The Labute approximate surface area is 165 Å². The quantitative estimate of drug-likeness (QED) is 0.324. The molecule has 0 heterocycles. The third kappa shape index (κ3) is 8.75. The Hall–Kier alpha value is -2.77. The highest BCUT2D eigenvalue weighted by Crippen LogP contribution is 2.11. The molecule has 0 spiro atoms. The normalized spacial score (nSPS) is 11.4. The standard InChI is InChI=1S/C21H26FN3O3/c1-23-20-6-2-18(3-7-20)16-24-25-17-19-4-8-21(9-5-19)28-15-14-27-13-12-26-11-10-22/h2-9,16-17,23H,10-15H2,1H3/b24-16+,25-17+. The van der Waals surface area contributed by atoms with Gasteiger partial charge in [0.05, 0.1) is 38.9 Å². The lowest BCUT2D eigenvalue weighted by Gasteiger charge is -2.07. The Balaban J connectivity index is 1.66. The molecule has 0 saturated carbocycles. The molecule has 0 aromatic heterocycles. The van der Waals surface area contributed by atoms with E-state index in [2.05, 4.69) is 15.5 Å². The second kappa shape index (κ2) is 13.4. The summed E-state index contributed by atoms with van der Waals surface area (Å²) in [6, 6.07) is 15.4. The lowest BCUT2D eigenvalue weighted by molar-refractivity contribution is 0.0325. The van der Waals surface area contributed by atoms with E-state index in [0.29, 0.717) is 26.4 Å². The second-order valence-corrected chi connectivity index (χ2v) is 5.69. The molecule has 0 aliphatic heterocycles. The van der Waals surface area contributed by atoms with Crippen LogP contribution in [-0.2, 0) is 9.47 Å². The van der Waals surface area contributed by atoms with Gasteiger partial charge in [-0.15, -0.1) is 0 Å². The second-order valence-electron chi connectivity index (χ2n) is 5.69. The van der Waals surface area contributed by atoms with Crippen LogP contribution in [0.5, 0.6) is 5.75 Å². The molecule has 0 radical (unpaired) electrons. The van der Waals surface area contributed by atoms with E-state index in [-0.39, 0.29) is 6.61 Å². The van der Waals surface area contributed by atoms with Crippen LogP contribution in [0.2, 0.25) is 0 Å². The topological polar surface area (TPSA) is 64.4 Å². The molecule has 6 nitrogen and oxygen atoms in total. The van der Waals surface area contributed by atoms with E-state index in [0.717, 1.165) is 22.6 Å². The minimum atomic E-state index is -0.471. The number of hydrogen-bond donors (Lipinski definition) is 1. The maximum absolute atomic E-state index is 11.8. The number of alkyl halides is 1. The van der Waals surface area contributed by atoms with E-state index in [1.165, 1.54) is 0 Å². The van der Waals surface area contributed by atoms with Gasteiger partial charge in [-0.3, -0.25) is 0 Å². The lowest BCUT2D eigenvalue weighted by Crippen LogP contribution is -2.11. The van der Waals surface area contributed by atoms with Gasteiger partial charge in [0, 0.05) is 12.7 Å². The zero-order valence-electron chi connectivity index (χ0n) is 16.0. The molecule has 7 heteroatoms. The van der Waals surface area contributed by atoms with Gasteiger partial charge in [0.25, 0.3) is 0 Å². The van der Waals surface area contributed by atoms with Crippen LogP contribution in [0.1, 0.15) is 11.1 Å². The van der Waals surface area contributed by atoms with Crippen molar-refractivity contribution in [3.63, 3.8) is 0 Å². The van der Waals surface area contributed by atoms with E-state index >= 15 is 0 Å². The van der Waals surface area contributed by atoms with Crippen LogP contribution >= 0.6 is 0 Å². The Bertz CT molecular complexity index is 719. The zero-order valence-corrected chi connectivity index (χ0v) is 16.0. The maximum Gasteiger partial charge on any atom is 0.119 e. The molecule has 2 aromatic rings. The molecule has 1 N–H and O–H groups in total. The molecule has 0 saturated heterocycles. The molecule has 28 heavy (non-hydrogen) atoms. The highest BCUT2D eigenvalue weighted by Gasteiger charge is 1.95. The van der Waals surface area contributed by atoms with E-state index in [9.17, 15) is 4.39 Å². The van der Waals surface area contributed by atoms with Crippen LogP contribution in [0.15, 0.2) is 58.7 Å². The lowest BCUT2D eigenvalue weighted by atomic mass is 10.2. The van der Waals surface area contributed by atoms with Crippen LogP contribution < -0.4 is 10.1 Å². The molecular formula is C21H26FN3O3. The fourth-order valence-electron chi connectivity index (χ4n) is 2.18. The van der Waals surface area contributed by atoms with Gasteiger partial charge in [0.2, 0.25) is 0 Å². The number of ether oxygens (including phenoxy) is 3. The molecule has 2 rings (SSSR count). The molecule has 0 unspecified atom stereocenters. The van der Waals surface area contributed by atoms with E-state index < -0.39 is 6.67 Å². The van der Waals surface area contributed by atoms with Crippen molar-refractivity contribution in [2.75, 3.05) is 52.1 Å². The predicted octanol–water partition coefficient (Wildman–Crippen LogP) is 3.56. The van der Waals surface area contributed by atoms with Gasteiger partial charge >= 0.3 is 0 Å². The number of hydrogen-bond acceptors (Lipinski definition) is 6. The molecule has 0 aliphatic rings. The molecular weight excluding hydrogens is 361 g/mol. The molecule has 0 bridgehead atoms. The van der Waals surface area contributed by atoms with Crippen molar-refractivity contribution >= 4 is 18.1 Å². The summed E-state index contributed by atoms with van der Waals surface area (Å²) in [6.45, 7) is 1.35. The minimum absolute atomic E-state index is 0.116. The summed E-state index contributed by atoms with van der Waals surface area (Å²) in [7, 11) is 1.88. The predicted molar refractivity (Wildman–Crippen MR) is 111 cm³/mol. The largest absolute Gasteiger partial charge is 0.491 e. The van der Waals surface area contributed by atoms with Crippen LogP contribution in [0.4, 0.5) is 10.1 Å².